The molecule has 28 nitrogen and oxygen atoms in total. The molecule has 0 atom stereocenters. The van der Waals surface area contributed by atoms with Gasteiger partial charge in [0.05, 0.1) is 21.5 Å². The van der Waals surface area contributed by atoms with Crippen molar-refractivity contribution in [3.63, 3.8) is 0 Å². The fourth-order valence-corrected chi connectivity index (χ4v) is 21.1. The van der Waals surface area contributed by atoms with Gasteiger partial charge in [0, 0.05) is 183 Å². The van der Waals surface area contributed by atoms with E-state index in [-0.39, 0.29) is 76.3 Å². The molecule has 4 spiro atoms. The van der Waals surface area contributed by atoms with Gasteiger partial charge in [-0.2, -0.15) is 13.2 Å². The highest BCUT2D eigenvalue weighted by Crippen LogP contribution is 2.55. The number of benzene rings is 8. The summed E-state index contributed by atoms with van der Waals surface area (Å²) in [6.45, 7) is 17.6. The van der Waals surface area contributed by atoms with E-state index in [1.54, 1.807) is 57.2 Å². The number of Topliss-reactive ketones (excluding diaryl/α,β-unsaturated/α-hetero) is 1. The summed E-state index contributed by atoms with van der Waals surface area (Å²) in [5, 5.41) is 4.28. The van der Waals surface area contributed by atoms with Crippen LogP contribution in [0.4, 0.5) is 46.8 Å². The number of oxazole rings is 2. The van der Waals surface area contributed by atoms with Gasteiger partial charge in [0.1, 0.15) is 49.4 Å². The third-order valence-corrected chi connectivity index (χ3v) is 28.8. The predicted octanol–water partition coefficient (Wildman–Crippen LogP) is 18.4. The monoisotopic (exact) mass is 1910 g/mol. The molecular weight excluding hydrogens is 1810 g/mol. The van der Waals surface area contributed by atoms with Gasteiger partial charge < -0.3 is 72.0 Å². The van der Waals surface area contributed by atoms with Gasteiger partial charge in [0.2, 0.25) is 0 Å². The van der Waals surface area contributed by atoms with E-state index in [0.717, 1.165) is 141 Å². The fourth-order valence-electron chi connectivity index (χ4n) is 20.1. The summed E-state index contributed by atoms with van der Waals surface area (Å²) in [4.78, 5) is 126. The van der Waals surface area contributed by atoms with E-state index >= 15 is 0 Å². The molecule has 35 heteroatoms. The number of nitrogens with zero attached hydrogens (tertiary/aromatic N) is 6. The minimum atomic E-state index is -4.40. The number of aromatic nitrogens is 2. The van der Waals surface area contributed by atoms with Gasteiger partial charge in [-0.15, -0.1) is 0 Å². The summed E-state index contributed by atoms with van der Waals surface area (Å²) in [6, 6.07) is 45.5. The lowest BCUT2D eigenvalue weighted by Gasteiger charge is -2.58. The lowest BCUT2D eigenvalue weighted by Crippen LogP contribution is -2.63. The number of H-pyrrole nitrogens is 2. The summed E-state index contributed by atoms with van der Waals surface area (Å²) < 4.78 is 133. The van der Waals surface area contributed by atoms with E-state index in [9.17, 15) is 73.5 Å². The van der Waals surface area contributed by atoms with E-state index in [0.29, 0.717) is 183 Å². The maximum absolute atomic E-state index is 13.9. The van der Waals surface area contributed by atoms with Crippen LogP contribution in [0.15, 0.2) is 212 Å². The Morgan fingerprint density at radius 3 is 1.44 bits per heavy atom. The first-order chi connectivity index (χ1) is 64.7. The number of aromatic amines is 2. The van der Waals surface area contributed by atoms with Crippen molar-refractivity contribution in [2.24, 2.45) is 27.6 Å². The second-order valence-corrected chi connectivity index (χ2v) is 40.5. The molecule has 8 aromatic carbocycles. The van der Waals surface area contributed by atoms with Crippen molar-refractivity contribution in [2.75, 3.05) is 90.1 Å². The smallest absolute Gasteiger partial charge is 0.417 e. The molecule has 2 aliphatic carbocycles. The maximum Gasteiger partial charge on any atom is 0.417 e. The zero-order valence-electron chi connectivity index (χ0n) is 75.3. The maximum atomic E-state index is 13.9. The highest BCUT2D eigenvalue weighted by Gasteiger charge is 2.55. The number of carbonyl (C=O) groups excluding carboxylic acids is 7. The van der Waals surface area contributed by atoms with E-state index in [2.05, 4.69) is 46.6 Å². The zero-order chi connectivity index (χ0) is 96.0. The molecule has 6 saturated heterocycles. The third kappa shape index (κ3) is 22.0. The quantitative estimate of drug-likeness (QED) is 0.0433. The fraction of sp³-hybridized carbons (Fsp3) is 0.396. The molecule has 2 saturated carbocycles. The minimum absolute atomic E-state index is 0.00137. The van der Waals surface area contributed by atoms with Crippen molar-refractivity contribution in [3.8, 4) is 11.5 Å². The summed E-state index contributed by atoms with van der Waals surface area (Å²) in [6.07, 6.45) is 5.99. The van der Waals surface area contributed by atoms with Crippen LogP contribution in [0.5, 0.6) is 11.5 Å². The Hall–Kier alpha value is -13.2. The second-order valence-electron chi connectivity index (χ2n) is 38.1. The van der Waals surface area contributed by atoms with Crippen LogP contribution in [0.2, 0.25) is 5.02 Å². The Kier molecular flexibility index (Phi) is 26.5. The average molecular weight is 1910 g/mol. The number of hydrogen-bond donors (Lipinski definition) is 3. The number of piperidine rings is 3. The third-order valence-electron chi connectivity index (χ3n) is 27.5. The van der Waals surface area contributed by atoms with E-state index in [1.807, 2.05) is 71.3 Å². The van der Waals surface area contributed by atoms with Crippen LogP contribution >= 0.6 is 11.6 Å². The van der Waals surface area contributed by atoms with Gasteiger partial charge in [-0.3, -0.25) is 24.4 Å². The molecule has 714 valence electrons. The van der Waals surface area contributed by atoms with Crippen molar-refractivity contribution in [3.05, 3.63) is 281 Å². The van der Waals surface area contributed by atoms with Gasteiger partial charge in [0.25, 0.3) is 17.7 Å². The van der Waals surface area contributed by atoms with Crippen molar-refractivity contribution in [1.29, 1.82) is 0 Å². The molecule has 10 aromatic rings. The molecule has 10 heterocycles. The predicted molar refractivity (Wildman–Crippen MR) is 491 cm³/mol. The molecule has 2 aromatic heterocycles. The van der Waals surface area contributed by atoms with E-state index < -0.39 is 56.8 Å². The average Bonchev–Trinajstić information content (AvgIpc) is 0.806. The molecule has 10 aliphatic rings. The number of aryl methyl sites for hydroxylation is 1. The van der Waals surface area contributed by atoms with Crippen LogP contribution in [0.3, 0.4) is 0 Å². The summed E-state index contributed by atoms with van der Waals surface area (Å²) in [5.74, 6) is -1.09. The van der Waals surface area contributed by atoms with Crippen molar-refractivity contribution in [1.82, 2.24) is 39.4 Å². The Bertz CT molecular complexity index is 6510. The minimum Gasteiger partial charge on any atom is -0.462 e. The van der Waals surface area contributed by atoms with Crippen LogP contribution < -0.4 is 26.3 Å². The number of hydrogen-bond acceptors (Lipinski definition) is 20. The van der Waals surface area contributed by atoms with Crippen LogP contribution in [-0.4, -0.2) is 181 Å². The van der Waals surface area contributed by atoms with Crippen LogP contribution in [0, 0.1) is 34.5 Å². The molecule has 3 N–H and O–H groups in total. The van der Waals surface area contributed by atoms with E-state index in [4.69, 9.17) is 48.9 Å². The number of nitrogens with one attached hydrogen (secondary N) is 3. The summed E-state index contributed by atoms with van der Waals surface area (Å²) in [7, 11) is -3.74. The molecule has 8 aliphatic heterocycles. The van der Waals surface area contributed by atoms with Gasteiger partial charge >= 0.3 is 42.1 Å². The Morgan fingerprint density at radius 1 is 0.485 bits per heavy atom. The van der Waals surface area contributed by atoms with Crippen molar-refractivity contribution in [2.45, 2.75) is 147 Å². The first kappa shape index (κ1) is 94.5. The number of likely N-dealkylation sites (tertiary alicyclic amines) is 6. The van der Waals surface area contributed by atoms with Crippen molar-refractivity contribution >= 4 is 91.3 Å². The number of alkyl halides is 5. The molecule has 8 fully saturated rings. The second kappa shape index (κ2) is 38.1. The molecule has 20 rings (SSSR count). The Morgan fingerprint density at radius 2 is 0.934 bits per heavy atom. The van der Waals surface area contributed by atoms with Gasteiger partial charge in [0.15, 0.2) is 26.8 Å². The number of amides is 6. The Labute approximate surface area is 784 Å². The number of allylic oxidation sites excluding steroid dienone is 2. The van der Waals surface area contributed by atoms with Gasteiger partial charge in [-0.1, -0.05) is 85.4 Å². The van der Waals surface area contributed by atoms with Crippen LogP contribution in [-0.2, 0) is 80.2 Å². The van der Waals surface area contributed by atoms with Crippen LogP contribution in [0.1, 0.15) is 159 Å². The highest BCUT2D eigenvalue weighted by atomic mass is 35.5. The largest absolute Gasteiger partial charge is 0.462 e. The number of anilines is 1. The molecule has 0 radical (unpaired) electrons. The molecule has 0 bridgehead atoms. The lowest BCUT2D eigenvalue weighted by atomic mass is 9.56. The molecular formula is C101H103ClF5N9O19S. The lowest BCUT2D eigenvalue weighted by molar-refractivity contribution is -0.137. The standard InChI is InChI=1S/C26H25F3N2O4.C26H27F2N3O7S.C25H28N2O3.C24H23ClN2O5/c1-17-12-19-4-5-20(13-22(19)35-17)23(32)31-15-25(16-31)8-10-30(11-9-25)24(33)34-14-18-2-6-21(7-3-18)26(27,28)29;1-25(27,28)18-9-16(10-19(12-18)39(2,35)36)13-37-24(34)30-7-5-26(6-8-30)14-31(15-26)22(32)17-3-4-20-21(11-17)38-23(33)29-20;1-18-13-20-7-8-21(14-23(20)30-18)26-22-15-25(16-22)9-11-27(12-10-25)24(28)29-17-19-5-3-2-4-6-19;1-14-4-15(6-18(25)5-14)11-31-23(30)27-12-24(13-27)9-16(10-24)7-20(28)17-2-3-19-21(8-17)32-22(29)26-19/h2-7,13H,1,8-12,14-16H2;3-4,9-12H,5-8,13-15H2,1-2H3,(H,29,33);2-8,14,22,26H,1,9-13,15-17H2;2-6,8,16H,7,9-13H2,1H3,(H,26,29). The molecule has 136 heavy (non-hydrogen) atoms. The van der Waals surface area contributed by atoms with Crippen molar-refractivity contribution < 1.29 is 101 Å². The number of halogens is 6. The topological polar surface area (TPSA) is 332 Å². The highest BCUT2D eigenvalue weighted by molar-refractivity contribution is 7.90. The molecule has 0 unspecified atom stereocenters. The first-order valence-corrected chi connectivity index (χ1v) is 47.5. The first-order valence-electron chi connectivity index (χ1n) is 45.2. The molecule has 6 amide bonds. The SMILES string of the molecule is C=C1Cc2ccc(C(=O)N3CC4(CCN(C(=O)OCc5ccc(C(F)(F)F)cc5)CC4)C3)cc2O1.C=C1Cc2ccc(NC3CC4(CCN(C(=O)OCc5ccccc5)CC4)C3)cc2O1.CC(F)(F)c1cc(COC(=O)N2CCC3(CC2)CN(C(=O)c2ccc4[nH]c(=O)oc4c2)C3)cc(S(C)(=O)=O)c1.Cc1cc(Cl)cc(COC(=O)N2CC3(CC(CC(=O)c4ccc5[nH]c(=O)oc5c4)C3)C2)c1. The Balaban J connectivity index is 0.000000126. The van der Waals surface area contributed by atoms with Gasteiger partial charge in [-0.25, -0.2) is 46.0 Å². The number of fused-ring (bicyclic) bond motifs is 4. The summed E-state index contributed by atoms with van der Waals surface area (Å²) in [5.41, 5.74) is 9.48. The zero-order valence-corrected chi connectivity index (χ0v) is 76.9. The number of rotatable bonds is 17. The summed E-state index contributed by atoms with van der Waals surface area (Å²) >= 11 is 6.05. The number of ether oxygens (including phenoxy) is 6. The normalized spacial score (nSPS) is 18.2. The number of ketones is 1. The van der Waals surface area contributed by atoms with Gasteiger partial charge in [-0.05, 0) is 207 Å². The van der Waals surface area contributed by atoms with Crippen LogP contribution in [0.25, 0.3) is 22.2 Å². The van der Waals surface area contributed by atoms with E-state index in [1.165, 1.54) is 34.7 Å². The number of carbonyl (C=O) groups is 7. The number of sulfone groups is 1.